The summed E-state index contributed by atoms with van der Waals surface area (Å²) in [7, 11) is -1.75. The number of carbonyl (C=O) groups is 1. The fourth-order valence-corrected chi connectivity index (χ4v) is 4.98. The predicted octanol–water partition coefficient (Wildman–Crippen LogP) is 4.57. The van der Waals surface area contributed by atoms with Crippen molar-refractivity contribution >= 4 is 14.1 Å². The van der Waals surface area contributed by atoms with Crippen molar-refractivity contribution in [3.63, 3.8) is 0 Å². The molecule has 0 saturated heterocycles. The second-order valence-corrected chi connectivity index (χ2v) is 13.2. The van der Waals surface area contributed by atoms with Crippen LogP contribution in [-0.4, -0.2) is 20.2 Å². The summed E-state index contributed by atoms with van der Waals surface area (Å²) in [5, 5.41) is 0.237. The van der Waals surface area contributed by atoms with Gasteiger partial charge in [0.15, 0.2) is 14.1 Å². The molecule has 0 amide bonds. The summed E-state index contributed by atoms with van der Waals surface area (Å²) in [5.41, 5.74) is 0.0445. The summed E-state index contributed by atoms with van der Waals surface area (Å²) >= 11 is 0. The third kappa shape index (κ3) is 2.43. The van der Waals surface area contributed by atoms with E-state index in [-0.39, 0.29) is 22.5 Å². The van der Waals surface area contributed by atoms with Crippen LogP contribution >= 0.6 is 0 Å². The Morgan fingerprint density at radius 2 is 1.90 bits per heavy atom. The monoisotopic (exact) mass is 294 g/mol. The Bertz CT molecular complexity index is 433. The van der Waals surface area contributed by atoms with Gasteiger partial charge in [-0.05, 0) is 43.0 Å². The zero-order valence-electron chi connectivity index (χ0n) is 14.1. The lowest BCUT2D eigenvalue weighted by atomic mass is 9.68. The van der Waals surface area contributed by atoms with Crippen LogP contribution in [0.2, 0.25) is 18.1 Å². The van der Waals surface area contributed by atoms with E-state index in [1.807, 2.05) is 0 Å². The van der Waals surface area contributed by atoms with E-state index in [9.17, 15) is 4.79 Å². The fourth-order valence-electron chi connectivity index (χ4n) is 3.54. The number of fused-ring (bicyclic) bond motifs is 1. The van der Waals surface area contributed by atoms with Crippen molar-refractivity contribution in [2.24, 2.45) is 17.3 Å². The molecule has 0 bridgehead atoms. The number of hydrogen-bond acceptors (Lipinski definition) is 2. The molecule has 2 aliphatic rings. The summed E-state index contributed by atoms with van der Waals surface area (Å²) in [6.45, 7) is 15.9. The van der Waals surface area contributed by atoms with Gasteiger partial charge in [0.05, 0.1) is 6.10 Å². The number of hydrogen-bond donors (Lipinski definition) is 0. The summed E-state index contributed by atoms with van der Waals surface area (Å²) in [5.74, 6) is 0.897. The Kier molecular flexibility index (Phi) is 3.84. The minimum absolute atomic E-state index is 0.0445. The maximum Gasteiger partial charge on any atom is 0.192 e. The van der Waals surface area contributed by atoms with E-state index >= 15 is 0 Å². The van der Waals surface area contributed by atoms with Crippen molar-refractivity contribution in [3.8, 4) is 0 Å². The van der Waals surface area contributed by atoms with Crippen LogP contribution in [-0.2, 0) is 9.22 Å². The number of rotatable bonds is 2. The third-order valence-corrected chi connectivity index (χ3v) is 10.6. The molecule has 0 spiro atoms. The molecule has 0 aromatic heterocycles. The fraction of sp³-hybridized carbons (Fsp3) is 0.824. The van der Waals surface area contributed by atoms with Gasteiger partial charge in [-0.15, -0.1) is 0 Å². The molecule has 0 radical (unpaired) electrons. The SMILES string of the molecule is C[C@@H]1C(=O)C=C[C@]2(C)[C@@H](O[Si](C)(C)C(C)(C)C)CC[C@@H]12. The van der Waals surface area contributed by atoms with Crippen LogP contribution in [0.3, 0.4) is 0 Å². The highest BCUT2D eigenvalue weighted by Crippen LogP contribution is 2.53. The van der Waals surface area contributed by atoms with E-state index in [0.717, 1.165) is 12.8 Å². The maximum absolute atomic E-state index is 11.9. The molecule has 4 atom stereocenters. The van der Waals surface area contributed by atoms with Crippen molar-refractivity contribution in [2.45, 2.75) is 71.7 Å². The van der Waals surface area contributed by atoms with E-state index in [4.69, 9.17) is 4.43 Å². The smallest absolute Gasteiger partial charge is 0.192 e. The minimum Gasteiger partial charge on any atom is -0.413 e. The lowest BCUT2D eigenvalue weighted by Crippen LogP contribution is -2.49. The minimum atomic E-state index is -1.75. The molecule has 114 valence electrons. The Hall–Kier alpha value is -0.413. The first-order valence-electron chi connectivity index (χ1n) is 7.90. The molecule has 0 aliphatic heterocycles. The van der Waals surface area contributed by atoms with Crippen LogP contribution in [0.4, 0.5) is 0 Å². The second kappa shape index (κ2) is 4.81. The Balaban J connectivity index is 2.24. The molecule has 0 unspecified atom stereocenters. The molecule has 0 N–H and O–H groups in total. The highest BCUT2D eigenvalue weighted by atomic mass is 28.4. The lowest BCUT2D eigenvalue weighted by Gasteiger charge is -2.45. The van der Waals surface area contributed by atoms with Crippen molar-refractivity contribution in [3.05, 3.63) is 12.2 Å². The van der Waals surface area contributed by atoms with Crippen LogP contribution < -0.4 is 0 Å². The van der Waals surface area contributed by atoms with Crippen LogP contribution in [0, 0.1) is 17.3 Å². The van der Waals surface area contributed by atoms with Gasteiger partial charge in [-0.25, -0.2) is 0 Å². The van der Waals surface area contributed by atoms with Gasteiger partial charge < -0.3 is 4.43 Å². The summed E-state index contributed by atoms with van der Waals surface area (Å²) in [6, 6.07) is 0. The molecule has 2 nitrogen and oxygen atoms in total. The van der Waals surface area contributed by atoms with Crippen LogP contribution in [0.15, 0.2) is 12.2 Å². The molecule has 3 heteroatoms. The van der Waals surface area contributed by atoms with Gasteiger partial charge in [0.25, 0.3) is 0 Å². The van der Waals surface area contributed by atoms with Gasteiger partial charge in [-0.1, -0.05) is 40.7 Å². The van der Waals surface area contributed by atoms with E-state index < -0.39 is 8.32 Å². The third-order valence-electron chi connectivity index (χ3n) is 6.13. The molecule has 1 saturated carbocycles. The molecule has 2 rings (SSSR count). The van der Waals surface area contributed by atoms with E-state index in [1.54, 1.807) is 6.08 Å². The Labute approximate surface area is 125 Å². The normalized spacial score (nSPS) is 38.1. The lowest BCUT2D eigenvalue weighted by molar-refractivity contribution is -0.121. The van der Waals surface area contributed by atoms with Crippen molar-refractivity contribution in [1.82, 2.24) is 0 Å². The first-order chi connectivity index (χ1) is 8.99. The molecule has 0 aromatic carbocycles. The van der Waals surface area contributed by atoms with Gasteiger partial charge >= 0.3 is 0 Å². The standard InChI is InChI=1S/C17H30O2Si/c1-12-13-8-9-15(17(13,5)11-10-14(12)18)19-20(6,7)16(2,3)4/h10-13,15H,8-9H2,1-7H3/t12-,13-,15-,17-/m0/s1. The molecule has 0 aromatic rings. The first kappa shape index (κ1) is 16.0. The van der Waals surface area contributed by atoms with Gasteiger partial charge in [-0.2, -0.15) is 0 Å². The second-order valence-electron chi connectivity index (χ2n) is 8.44. The highest BCUT2D eigenvalue weighted by Gasteiger charge is 2.53. The molecule has 2 aliphatic carbocycles. The van der Waals surface area contributed by atoms with E-state index in [2.05, 4.69) is 53.8 Å². The predicted molar refractivity (Wildman–Crippen MR) is 86.2 cm³/mol. The quantitative estimate of drug-likeness (QED) is 0.697. The van der Waals surface area contributed by atoms with Crippen molar-refractivity contribution in [2.75, 3.05) is 0 Å². The van der Waals surface area contributed by atoms with Gasteiger partial charge in [0.2, 0.25) is 0 Å². The van der Waals surface area contributed by atoms with E-state index in [0.29, 0.717) is 11.7 Å². The number of ketones is 1. The van der Waals surface area contributed by atoms with Crippen molar-refractivity contribution in [1.29, 1.82) is 0 Å². The highest BCUT2D eigenvalue weighted by molar-refractivity contribution is 6.74. The summed E-state index contributed by atoms with van der Waals surface area (Å²) in [4.78, 5) is 11.9. The Morgan fingerprint density at radius 3 is 2.45 bits per heavy atom. The molecule has 1 fully saturated rings. The average Bonchev–Trinajstić information content (AvgIpc) is 2.61. The zero-order chi connectivity index (χ0) is 15.3. The summed E-state index contributed by atoms with van der Waals surface area (Å²) < 4.78 is 6.70. The van der Waals surface area contributed by atoms with Gasteiger partial charge in [0, 0.05) is 11.3 Å². The van der Waals surface area contributed by atoms with Crippen LogP contribution in [0.25, 0.3) is 0 Å². The average molecular weight is 295 g/mol. The number of carbonyl (C=O) groups excluding carboxylic acids is 1. The van der Waals surface area contributed by atoms with Crippen LogP contribution in [0.1, 0.15) is 47.5 Å². The topological polar surface area (TPSA) is 26.3 Å². The molecule has 20 heavy (non-hydrogen) atoms. The summed E-state index contributed by atoms with van der Waals surface area (Å²) in [6.07, 6.45) is 6.43. The molecular formula is C17H30O2Si. The molecule has 0 heterocycles. The first-order valence-corrected chi connectivity index (χ1v) is 10.8. The van der Waals surface area contributed by atoms with E-state index in [1.165, 1.54) is 0 Å². The van der Waals surface area contributed by atoms with Gasteiger partial charge in [0.1, 0.15) is 0 Å². The largest absolute Gasteiger partial charge is 0.413 e. The maximum atomic E-state index is 11.9. The number of allylic oxidation sites excluding steroid dienone is 1. The van der Waals surface area contributed by atoms with Crippen LogP contribution in [0.5, 0.6) is 0 Å². The zero-order valence-corrected chi connectivity index (χ0v) is 15.1. The Morgan fingerprint density at radius 1 is 1.30 bits per heavy atom. The van der Waals surface area contributed by atoms with Crippen molar-refractivity contribution < 1.29 is 9.22 Å². The van der Waals surface area contributed by atoms with Gasteiger partial charge in [-0.3, -0.25) is 4.79 Å². The molecular weight excluding hydrogens is 264 g/mol.